The summed E-state index contributed by atoms with van der Waals surface area (Å²) in [5.41, 5.74) is 0. The number of hydrogen-bond acceptors (Lipinski definition) is 6. The largest absolute Gasteiger partial charge is 0.462 e. The van der Waals surface area contributed by atoms with E-state index in [4.69, 9.17) is 14.2 Å². The van der Waals surface area contributed by atoms with Crippen LogP contribution in [0.25, 0.3) is 0 Å². The highest BCUT2D eigenvalue weighted by atomic mass is 16.6. The first kappa shape index (κ1) is 79.3. The molecular formula is C77H134O6. The van der Waals surface area contributed by atoms with E-state index in [1.165, 1.54) is 225 Å². The van der Waals surface area contributed by atoms with Gasteiger partial charge in [0.2, 0.25) is 0 Å². The van der Waals surface area contributed by atoms with Crippen LogP contribution in [0, 0.1) is 0 Å². The Labute approximate surface area is 515 Å². The fourth-order valence-corrected chi connectivity index (χ4v) is 10.3. The molecule has 0 aliphatic heterocycles. The van der Waals surface area contributed by atoms with Crippen LogP contribution in [0.5, 0.6) is 0 Å². The first-order valence-corrected chi connectivity index (χ1v) is 35.7. The van der Waals surface area contributed by atoms with Gasteiger partial charge in [-0.15, -0.1) is 0 Å². The number of rotatable bonds is 65. The third kappa shape index (κ3) is 69.0. The van der Waals surface area contributed by atoms with Gasteiger partial charge < -0.3 is 14.2 Å². The van der Waals surface area contributed by atoms with Crippen LogP contribution < -0.4 is 0 Å². The van der Waals surface area contributed by atoms with Crippen molar-refractivity contribution in [2.24, 2.45) is 0 Å². The Balaban J connectivity index is 4.22. The van der Waals surface area contributed by atoms with Crippen molar-refractivity contribution in [1.82, 2.24) is 0 Å². The predicted molar refractivity (Wildman–Crippen MR) is 362 cm³/mol. The van der Waals surface area contributed by atoms with E-state index < -0.39 is 6.10 Å². The normalized spacial score (nSPS) is 12.7. The summed E-state index contributed by atoms with van der Waals surface area (Å²) < 4.78 is 16.9. The van der Waals surface area contributed by atoms with Crippen molar-refractivity contribution < 1.29 is 28.6 Å². The minimum Gasteiger partial charge on any atom is -0.462 e. The van der Waals surface area contributed by atoms with E-state index >= 15 is 0 Å². The summed E-state index contributed by atoms with van der Waals surface area (Å²) in [7, 11) is 0. The van der Waals surface area contributed by atoms with Crippen molar-refractivity contribution in [1.29, 1.82) is 0 Å². The number of carbonyl (C=O) groups is 3. The Hall–Kier alpha value is -3.67. The zero-order valence-electron chi connectivity index (χ0n) is 54.9. The highest BCUT2D eigenvalue weighted by Gasteiger charge is 2.19. The molecule has 83 heavy (non-hydrogen) atoms. The number of unbranched alkanes of at least 4 members (excludes halogenated alkanes) is 38. The van der Waals surface area contributed by atoms with Crippen LogP contribution in [0.4, 0.5) is 0 Å². The van der Waals surface area contributed by atoms with Gasteiger partial charge in [-0.1, -0.05) is 343 Å². The topological polar surface area (TPSA) is 78.9 Å². The van der Waals surface area contributed by atoms with Gasteiger partial charge in [0.1, 0.15) is 13.2 Å². The number of allylic oxidation sites excluding steroid dienone is 16. The zero-order chi connectivity index (χ0) is 59.9. The molecular weight excluding hydrogens is 1020 g/mol. The van der Waals surface area contributed by atoms with Crippen LogP contribution in [0.15, 0.2) is 97.2 Å². The molecule has 0 heterocycles. The fraction of sp³-hybridized carbons (Fsp3) is 0.753. The second-order valence-electron chi connectivity index (χ2n) is 23.8. The maximum atomic E-state index is 12.9. The molecule has 0 fully saturated rings. The van der Waals surface area contributed by atoms with Gasteiger partial charge in [-0.25, -0.2) is 0 Å². The van der Waals surface area contributed by atoms with Crippen molar-refractivity contribution >= 4 is 17.9 Å². The van der Waals surface area contributed by atoms with Crippen molar-refractivity contribution in [2.45, 2.75) is 361 Å². The maximum absolute atomic E-state index is 12.9. The molecule has 0 N–H and O–H groups in total. The molecule has 0 saturated heterocycles. The Morgan fingerprint density at radius 3 is 0.783 bits per heavy atom. The summed E-state index contributed by atoms with van der Waals surface area (Å²) in [6, 6.07) is 0. The minimum atomic E-state index is -0.817. The second-order valence-corrected chi connectivity index (χ2v) is 23.8. The van der Waals surface area contributed by atoms with Gasteiger partial charge in [0.15, 0.2) is 6.10 Å². The van der Waals surface area contributed by atoms with E-state index in [1.807, 2.05) is 6.08 Å². The molecule has 0 spiro atoms. The molecule has 0 radical (unpaired) electrons. The van der Waals surface area contributed by atoms with Gasteiger partial charge in [0.05, 0.1) is 0 Å². The van der Waals surface area contributed by atoms with E-state index in [1.54, 1.807) is 0 Å². The zero-order valence-corrected chi connectivity index (χ0v) is 54.9. The highest BCUT2D eigenvalue weighted by Crippen LogP contribution is 2.18. The first-order chi connectivity index (χ1) is 41.0. The lowest BCUT2D eigenvalue weighted by Gasteiger charge is -2.18. The Kier molecular flexibility index (Phi) is 67.7. The smallest absolute Gasteiger partial charge is 0.306 e. The van der Waals surface area contributed by atoms with Gasteiger partial charge in [-0.2, -0.15) is 0 Å². The maximum Gasteiger partial charge on any atom is 0.306 e. The number of carbonyl (C=O) groups excluding carboxylic acids is 3. The Morgan fingerprint density at radius 1 is 0.253 bits per heavy atom. The van der Waals surface area contributed by atoms with Crippen LogP contribution in [0.1, 0.15) is 355 Å². The summed E-state index contributed by atoms with van der Waals surface area (Å²) in [6.45, 7) is 6.49. The van der Waals surface area contributed by atoms with Crippen molar-refractivity contribution in [2.75, 3.05) is 13.2 Å². The molecule has 0 amide bonds. The monoisotopic (exact) mass is 1160 g/mol. The van der Waals surface area contributed by atoms with Gasteiger partial charge in [-0.3, -0.25) is 14.4 Å². The standard InChI is InChI=1S/C77H134O6/c1-4-7-10-13-16-19-22-25-27-29-31-32-33-34-35-36-37-38-39-40-41-42-43-44-46-47-49-52-55-58-61-64-67-70-76(79)82-73-74(72-81-75(78)69-66-63-60-57-54-51-24-21-18-15-12-9-6-3)83-77(80)71-68-65-62-59-56-53-50-48-45-30-28-26-23-20-17-14-11-8-5-2/h8,11,17,20,22,25-26,28-29,31,45,48,53,56,62,65,74H,4-7,9-10,12-16,18-19,21,23-24,27,30,32-44,46-47,49-52,54-55,57-61,63-64,66-73H2,1-3H3/b11-8-,20-17-,25-22-,28-26-,31-29-,48-45-,56-53-,65-62-. The summed E-state index contributed by atoms with van der Waals surface area (Å²) in [6.07, 6.45) is 96.1. The van der Waals surface area contributed by atoms with E-state index in [0.717, 1.165) is 83.5 Å². The van der Waals surface area contributed by atoms with Crippen LogP contribution in [0.3, 0.4) is 0 Å². The molecule has 478 valence electrons. The highest BCUT2D eigenvalue weighted by molar-refractivity contribution is 5.71. The summed E-state index contributed by atoms with van der Waals surface area (Å²) in [4.78, 5) is 38.3. The van der Waals surface area contributed by atoms with Crippen LogP contribution in [-0.4, -0.2) is 37.2 Å². The van der Waals surface area contributed by atoms with Crippen molar-refractivity contribution in [3.8, 4) is 0 Å². The van der Waals surface area contributed by atoms with Crippen molar-refractivity contribution in [3.05, 3.63) is 97.2 Å². The van der Waals surface area contributed by atoms with Gasteiger partial charge >= 0.3 is 17.9 Å². The predicted octanol–water partition coefficient (Wildman–Crippen LogP) is 24.8. The van der Waals surface area contributed by atoms with E-state index in [2.05, 4.69) is 112 Å². The molecule has 0 bridgehead atoms. The molecule has 0 saturated carbocycles. The van der Waals surface area contributed by atoms with Gasteiger partial charge in [-0.05, 0) is 89.9 Å². The molecule has 0 aromatic heterocycles. The third-order valence-corrected chi connectivity index (χ3v) is 15.6. The average Bonchev–Trinajstić information content (AvgIpc) is 3.49. The number of esters is 3. The SMILES string of the molecule is CC/C=C\C/C=C\C/C=C\C/C=C\C/C=C\C/C=C\CCC(=O)OC(COC(=O)CCCCCCCCCCCCCCC)COC(=O)CCCCCCCCCCCCCCCCCCCCCCC/C=C\C/C=C\CCCCCCC. The lowest BCUT2D eigenvalue weighted by atomic mass is 10.0. The summed E-state index contributed by atoms with van der Waals surface area (Å²) >= 11 is 0. The molecule has 0 aliphatic rings. The van der Waals surface area contributed by atoms with E-state index in [0.29, 0.717) is 19.3 Å². The number of ether oxygens (including phenoxy) is 3. The average molecular weight is 1160 g/mol. The van der Waals surface area contributed by atoms with Crippen LogP contribution in [-0.2, 0) is 28.6 Å². The summed E-state index contributed by atoms with van der Waals surface area (Å²) in [5.74, 6) is -0.972. The molecule has 1 unspecified atom stereocenters. The number of hydrogen-bond donors (Lipinski definition) is 0. The third-order valence-electron chi connectivity index (χ3n) is 15.6. The van der Waals surface area contributed by atoms with E-state index in [9.17, 15) is 14.4 Å². The first-order valence-electron chi connectivity index (χ1n) is 35.7. The minimum absolute atomic E-state index is 0.103. The van der Waals surface area contributed by atoms with Gasteiger partial charge in [0.25, 0.3) is 0 Å². The second kappa shape index (κ2) is 70.8. The quantitative estimate of drug-likeness (QED) is 0.0261. The molecule has 0 aromatic carbocycles. The molecule has 0 aliphatic carbocycles. The van der Waals surface area contributed by atoms with Crippen LogP contribution >= 0.6 is 0 Å². The summed E-state index contributed by atoms with van der Waals surface area (Å²) in [5, 5.41) is 0. The molecule has 6 heteroatoms. The van der Waals surface area contributed by atoms with E-state index in [-0.39, 0.29) is 37.5 Å². The lowest BCUT2D eigenvalue weighted by molar-refractivity contribution is -0.166. The molecule has 0 aromatic rings. The molecule has 1 atom stereocenters. The Morgan fingerprint density at radius 2 is 0.494 bits per heavy atom. The molecule has 6 nitrogen and oxygen atoms in total. The molecule has 0 rings (SSSR count). The van der Waals surface area contributed by atoms with Crippen molar-refractivity contribution in [3.63, 3.8) is 0 Å². The van der Waals surface area contributed by atoms with Gasteiger partial charge in [0, 0.05) is 19.3 Å². The fourth-order valence-electron chi connectivity index (χ4n) is 10.3. The van der Waals surface area contributed by atoms with Crippen LogP contribution in [0.2, 0.25) is 0 Å². The lowest BCUT2D eigenvalue weighted by Crippen LogP contribution is -2.30. The Bertz CT molecular complexity index is 1610.